The van der Waals surface area contributed by atoms with Crippen molar-refractivity contribution in [2.75, 3.05) is 12.5 Å². The minimum Gasteiger partial charge on any atom is -0.481 e. The first-order valence-electron chi connectivity index (χ1n) is 6.51. The number of rotatable bonds is 5. The number of aromatic nitrogens is 3. The fraction of sp³-hybridized carbons (Fsp3) is 0.143. The fourth-order valence-corrected chi connectivity index (χ4v) is 1.90. The number of nitrogens with zero attached hydrogens (tertiary/aromatic N) is 3. The topological polar surface area (TPSA) is 102 Å². The van der Waals surface area contributed by atoms with Crippen LogP contribution in [-0.4, -0.2) is 28.1 Å². The molecule has 8 heteroatoms. The van der Waals surface area contributed by atoms with Crippen molar-refractivity contribution in [3.05, 3.63) is 42.2 Å². The molecule has 0 aliphatic heterocycles. The number of carbonyl (C=O) groups excluding carboxylic acids is 1. The second-order valence-corrected chi connectivity index (χ2v) is 4.40. The first-order chi connectivity index (χ1) is 10.8. The lowest BCUT2D eigenvalue weighted by Gasteiger charge is -2.06. The molecule has 3 rings (SSSR count). The van der Waals surface area contributed by atoms with Gasteiger partial charge in [0.05, 0.1) is 13.5 Å². The molecule has 22 heavy (non-hydrogen) atoms. The van der Waals surface area contributed by atoms with Crippen LogP contribution in [0, 0.1) is 0 Å². The maximum absolute atomic E-state index is 11.9. The van der Waals surface area contributed by atoms with Gasteiger partial charge in [-0.2, -0.15) is 4.98 Å². The summed E-state index contributed by atoms with van der Waals surface area (Å²) in [5, 5.41) is 4.72. The van der Waals surface area contributed by atoms with E-state index < -0.39 is 0 Å². The maximum atomic E-state index is 11.9. The monoisotopic (exact) mass is 299 g/mol. The van der Waals surface area contributed by atoms with Gasteiger partial charge in [-0.15, -0.1) is 0 Å². The van der Waals surface area contributed by atoms with Gasteiger partial charge in [-0.3, -0.25) is 15.6 Å². The highest BCUT2D eigenvalue weighted by molar-refractivity contribution is 5.86. The molecule has 0 aliphatic carbocycles. The third-order valence-corrected chi connectivity index (χ3v) is 2.93. The van der Waals surface area contributed by atoms with Crippen molar-refractivity contribution in [1.29, 1.82) is 0 Å². The lowest BCUT2D eigenvalue weighted by Crippen LogP contribution is -2.31. The lowest BCUT2D eigenvalue weighted by atomic mass is 10.2. The zero-order valence-electron chi connectivity index (χ0n) is 11.7. The molecule has 0 bridgehead atoms. The van der Waals surface area contributed by atoms with Gasteiger partial charge in [-0.1, -0.05) is 17.3 Å². The van der Waals surface area contributed by atoms with Gasteiger partial charge >= 0.3 is 0 Å². The average Bonchev–Trinajstić information content (AvgIpc) is 2.96. The SMILES string of the molecule is COc1ccnc(NNC(=O)Cc2noc3ccccc23)n1. The molecule has 8 nitrogen and oxygen atoms in total. The Morgan fingerprint density at radius 2 is 2.18 bits per heavy atom. The largest absolute Gasteiger partial charge is 0.481 e. The number of nitrogens with one attached hydrogen (secondary N) is 2. The van der Waals surface area contributed by atoms with Crippen molar-refractivity contribution in [2.45, 2.75) is 6.42 Å². The van der Waals surface area contributed by atoms with Gasteiger partial charge in [0.1, 0.15) is 5.69 Å². The van der Waals surface area contributed by atoms with Crippen molar-refractivity contribution in [2.24, 2.45) is 0 Å². The molecular weight excluding hydrogens is 286 g/mol. The summed E-state index contributed by atoms with van der Waals surface area (Å²) in [6.45, 7) is 0. The molecule has 0 fully saturated rings. The van der Waals surface area contributed by atoms with E-state index in [0.29, 0.717) is 17.2 Å². The Kier molecular flexibility index (Phi) is 3.82. The van der Waals surface area contributed by atoms with E-state index in [0.717, 1.165) is 5.39 Å². The number of para-hydroxylation sites is 1. The molecular formula is C14H13N5O3. The number of carbonyl (C=O) groups is 1. The summed E-state index contributed by atoms with van der Waals surface area (Å²) in [5.41, 5.74) is 6.34. The summed E-state index contributed by atoms with van der Waals surface area (Å²) in [5.74, 6) is 0.345. The van der Waals surface area contributed by atoms with Gasteiger partial charge in [0.2, 0.25) is 17.7 Å². The summed E-state index contributed by atoms with van der Waals surface area (Å²) in [4.78, 5) is 19.9. The number of hydrogen-bond donors (Lipinski definition) is 2. The Balaban J connectivity index is 1.63. The van der Waals surface area contributed by atoms with Crippen molar-refractivity contribution >= 4 is 22.8 Å². The summed E-state index contributed by atoms with van der Waals surface area (Å²) in [6, 6.07) is 8.97. The van der Waals surface area contributed by atoms with Crippen LogP contribution in [0.2, 0.25) is 0 Å². The van der Waals surface area contributed by atoms with Crippen LogP contribution in [0.5, 0.6) is 5.88 Å². The van der Waals surface area contributed by atoms with E-state index in [4.69, 9.17) is 9.26 Å². The van der Waals surface area contributed by atoms with Gasteiger partial charge in [0, 0.05) is 17.6 Å². The molecule has 0 saturated carbocycles. The molecule has 2 N–H and O–H groups in total. The van der Waals surface area contributed by atoms with Crippen LogP contribution in [0.25, 0.3) is 11.0 Å². The number of anilines is 1. The first kappa shape index (κ1) is 13.8. The van der Waals surface area contributed by atoms with Crippen molar-refractivity contribution < 1.29 is 14.1 Å². The van der Waals surface area contributed by atoms with Crippen molar-refractivity contribution in [1.82, 2.24) is 20.6 Å². The number of hydrogen-bond acceptors (Lipinski definition) is 7. The Morgan fingerprint density at radius 1 is 1.32 bits per heavy atom. The smallest absolute Gasteiger partial charge is 0.245 e. The Bertz CT molecular complexity index is 802. The normalized spacial score (nSPS) is 10.4. The molecule has 2 aromatic heterocycles. The molecule has 0 spiro atoms. The lowest BCUT2D eigenvalue weighted by molar-refractivity contribution is -0.120. The predicted molar refractivity (Wildman–Crippen MR) is 78.1 cm³/mol. The van der Waals surface area contributed by atoms with Gasteiger partial charge in [0.25, 0.3) is 0 Å². The van der Waals surface area contributed by atoms with Gasteiger partial charge in [-0.05, 0) is 12.1 Å². The number of fused-ring (bicyclic) bond motifs is 1. The number of methoxy groups -OCH3 is 1. The van der Waals surface area contributed by atoms with Crippen LogP contribution < -0.4 is 15.6 Å². The van der Waals surface area contributed by atoms with Crippen LogP contribution in [0.3, 0.4) is 0 Å². The van der Waals surface area contributed by atoms with Crippen LogP contribution in [0.1, 0.15) is 5.69 Å². The third-order valence-electron chi connectivity index (χ3n) is 2.93. The minimum atomic E-state index is -0.287. The Labute approximate surface area is 125 Å². The van der Waals surface area contributed by atoms with E-state index in [-0.39, 0.29) is 18.3 Å². The molecule has 1 aromatic carbocycles. The fourth-order valence-electron chi connectivity index (χ4n) is 1.90. The second-order valence-electron chi connectivity index (χ2n) is 4.40. The molecule has 0 saturated heterocycles. The van der Waals surface area contributed by atoms with Gasteiger partial charge in [-0.25, -0.2) is 4.98 Å². The maximum Gasteiger partial charge on any atom is 0.245 e. The van der Waals surface area contributed by atoms with E-state index >= 15 is 0 Å². The highest BCUT2D eigenvalue weighted by Gasteiger charge is 2.12. The highest BCUT2D eigenvalue weighted by atomic mass is 16.5. The number of amides is 1. The van der Waals surface area contributed by atoms with Crippen LogP contribution in [0.15, 0.2) is 41.1 Å². The molecule has 0 unspecified atom stereocenters. The molecule has 1 amide bonds. The number of hydrazine groups is 1. The summed E-state index contributed by atoms with van der Waals surface area (Å²) in [7, 11) is 1.50. The Hall–Kier alpha value is -3.16. The molecule has 112 valence electrons. The quantitative estimate of drug-likeness (QED) is 0.685. The number of ether oxygens (including phenoxy) is 1. The summed E-state index contributed by atoms with van der Waals surface area (Å²) in [6.07, 6.45) is 1.60. The molecule has 0 atom stereocenters. The number of benzene rings is 1. The van der Waals surface area contributed by atoms with E-state index in [1.54, 1.807) is 12.1 Å². The van der Waals surface area contributed by atoms with Crippen LogP contribution in [0.4, 0.5) is 5.95 Å². The van der Waals surface area contributed by atoms with Crippen molar-refractivity contribution in [3.63, 3.8) is 0 Å². The van der Waals surface area contributed by atoms with E-state index in [9.17, 15) is 4.79 Å². The summed E-state index contributed by atoms with van der Waals surface area (Å²) >= 11 is 0. The van der Waals surface area contributed by atoms with Gasteiger partial charge < -0.3 is 9.26 Å². The zero-order chi connectivity index (χ0) is 15.4. The zero-order valence-corrected chi connectivity index (χ0v) is 11.7. The molecule has 0 aliphatic rings. The average molecular weight is 299 g/mol. The van der Waals surface area contributed by atoms with Gasteiger partial charge in [0.15, 0.2) is 5.58 Å². The first-order valence-corrected chi connectivity index (χ1v) is 6.51. The van der Waals surface area contributed by atoms with E-state index in [2.05, 4.69) is 26.0 Å². The van der Waals surface area contributed by atoms with E-state index in [1.807, 2.05) is 18.2 Å². The Morgan fingerprint density at radius 3 is 3.05 bits per heavy atom. The molecule has 2 heterocycles. The standard InChI is InChI=1S/C14H13N5O3/c1-21-13-6-7-15-14(16-13)18-17-12(20)8-10-9-4-2-3-5-11(9)22-19-10/h2-7H,8H2,1H3,(H,17,20)(H,15,16,18). The van der Waals surface area contributed by atoms with Crippen molar-refractivity contribution in [3.8, 4) is 5.88 Å². The third kappa shape index (κ3) is 2.95. The minimum absolute atomic E-state index is 0.0774. The van der Waals surface area contributed by atoms with E-state index in [1.165, 1.54) is 13.3 Å². The van der Waals surface area contributed by atoms with Crippen LogP contribution >= 0.6 is 0 Å². The second kappa shape index (κ2) is 6.08. The summed E-state index contributed by atoms with van der Waals surface area (Å²) < 4.78 is 10.1. The molecule has 0 radical (unpaired) electrons. The predicted octanol–water partition coefficient (Wildman–Crippen LogP) is 1.31. The molecule has 3 aromatic rings. The highest BCUT2D eigenvalue weighted by Crippen LogP contribution is 2.17. The van der Waals surface area contributed by atoms with Crippen LogP contribution in [-0.2, 0) is 11.2 Å².